The van der Waals surface area contributed by atoms with Crippen molar-refractivity contribution < 1.29 is 4.79 Å². The van der Waals surface area contributed by atoms with Crippen LogP contribution in [0, 0.1) is 0 Å². The number of hydrogen-bond acceptors (Lipinski definition) is 2. The van der Waals surface area contributed by atoms with Crippen LogP contribution in [0.15, 0.2) is 24.3 Å². The van der Waals surface area contributed by atoms with Gasteiger partial charge < -0.3 is 11.1 Å². The minimum absolute atomic E-state index is 0.0512. The number of benzene rings is 1. The van der Waals surface area contributed by atoms with Gasteiger partial charge in [0.05, 0.1) is 5.92 Å². The van der Waals surface area contributed by atoms with E-state index in [2.05, 4.69) is 17.4 Å². The highest BCUT2D eigenvalue weighted by molar-refractivity contribution is 5.87. The zero-order chi connectivity index (χ0) is 12.5. The number of amides is 1. The first-order valence-electron chi connectivity index (χ1n) is 6.89. The van der Waals surface area contributed by atoms with Crippen molar-refractivity contribution in [2.24, 2.45) is 5.73 Å². The molecule has 1 saturated carbocycles. The van der Waals surface area contributed by atoms with Gasteiger partial charge in [0.1, 0.15) is 0 Å². The summed E-state index contributed by atoms with van der Waals surface area (Å²) in [7, 11) is 0. The summed E-state index contributed by atoms with van der Waals surface area (Å²) in [6, 6.07) is 8.52. The molecule has 3 heteroatoms. The van der Waals surface area contributed by atoms with E-state index in [-0.39, 0.29) is 23.9 Å². The van der Waals surface area contributed by atoms with Crippen LogP contribution < -0.4 is 11.1 Å². The van der Waals surface area contributed by atoms with Crippen LogP contribution in [0.25, 0.3) is 0 Å². The number of rotatable bonds is 2. The quantitative estimate of drug-likeness (QED) is 0.832. The highest BCUT2D eigenvalue weighted by Crippen LogP contribution is 2.35. The van der Waals surface area contributed by atoms with Crippen molar-refractivity contribution in [1.29, 1.82) is 0 Å². The Kier molecular flexibility index (Phi) is 3.08. The van der Waals surface area contributed by atoms with E-state index in [4.69, 9.17) is 5.73 Å². The van der Waals surface area contributed by atoms with Crippen LogP contribution in [-0.4, -0.2) is 18.0 Å². The molecular weight excluding hydrogens is 224 g/mol. The molecule has 3 rings (SSSR count). The van der Waals surface area contributed by atoms with Gasteiger partial charge in [-0.15, -0.1) is 0 Å². The normalized spacial score (nSPS) is 30.2. The van der Waals surface area contributed by atoms with Gasteiger partial charge in [0.25, 0.3) is 0 Å². The second-order valence-corrected chi connectivity index (χ2v) is 5.52. The maximum Gasteiger partial charge on any atom is 0.228 e. The van der Waals surface area contributed by atoms with Crippen molar-refractivity contribution >= 4 is 5.91 Å². The van der Waals surface area contributed by atoms with Gasteiger partial charge in [-0.05, 0) is 30.4 Å². The second-order valence-electron chi connectivity index (χ2n) is 5.52. The fourth-order valence-corrected chi connectivity index (χ4v) is 3.11. The predicted molar refractivity (Wildman–Crippen MR) is 71.3 cm³/mol. The van der Waals surface area contributed by atoms with Gasteiger partial charge in [0, 0.05) is 12.1 Å². The summed E-state index contributed by atoms with van der Waals surface area (Å²) in [5.74, 6) is 0.214. The molecular formula is C15H20N2O. The molecule has 3 atom stereocenters. The first-order valence-corrected chi connectivity index (χ1v) is 6.89. The SMILES string of the molecule is NC1CCCCC1NC(=O)C1Cc2ccccc21. The summed E-state index contributed by atoms with van der Waals surface area (Å²) in [4.78, 5) is 12.2. The monoisotopic (exact) mass is 244 g/mol. The van der Waals surface area contributed by atoms with E-state index in [1.54, 1.807) is 0 Å². The molecule has 0 bridgehead atoms. The van der Waals surface area contributed by atoms with Crippen molar-refractivity contribution in [3.63, 3.8) is 0 Å². The van der Waals surface area contributed by atoms with Gasteiger partial charge in [-0.2, -0.15) is 0 Å². The van der Waals surface area contributed by atoms with Gasteiger partial charge in [-0.1, -0.05) is 37.1 Å². The summed E-state index contributed by atoms with van der Waals surface area (Å²) >= 11 is 0. The van der Waals surface area contributed by atoms with E-state index >= 15 is 0 Å². The Hall–Kier alpha value is -1.35. The van der Waals surface area contributed by atoms with E-state index in [0.29, 0.717) is 0 Å². The lowest BCUT2D eigenvalue weighted by atomic mass is 9.76. The van der Waals surface area contributed by atoms with E-state index in [1.807, 2.05) is 12.1 Å². The van der Waals surface area contributed by atoms with Crippen LogP contribution in [0.2, 0.25) is 0 Å². The lowest BCUT2D eigenvalue weighted by Gasteiger charge is -2.34. The largest absolute Gasteiger partial charge is 0.351 e. The van der Waals surface area contributed by atoms with Crippen molar-refractivity contribution in [3.8, 4) is 0 Å². The lowest BCUT2D eigenvalue weighted by Crippen LogP contribution is -2.51. The number of nitrogens with two attached hydrogens (primary N) is 1. The highest BCUT2D eigenvalue weighted by Gasteiger charge is 2.33. The first-order chi connectivity index (χ1) is 8.75. The molecule has 0 saturated heterocycles. The van der Waals surface area contributed by atoms with Crippen LogP contribution in [0.4, 0.5) is 0 Å². The van der Waals surface area contributed by atoms with Crippen molar-refractivity contribution in [1.82, 2.24) is 5.32 Å². The average molecular weight is 244 g/mol. The van der Waals surface area contributed by atoms with Crippen molar-refractivity contribution in [2.75, 3.05) is 0 Å². The maximum atomic E-state index is 12.2. The molecule has 0 aliphatic heterocycles. The first kappa shape index (κ1) is 11.7. The molecule has 3 unspecified atom stereocenters. The molecule has 1 amide bonds. The average Bonchev–Trinajstić information content (AvgIpc) is 2.34. The maximum absolute atomic E-state index is 12.2. The van der Waals surface area contributed by atoms with Crippen LogP contribution in [0.3, 0.4) is 0 Å². The van der Waals surface area contributed by atoms with Gasteiger partial charge in [-0.3, -0.25) is 4.79 Å². The minimum atomic E-state index is 0.0512. The number of nitrogens with one attached hydrogen (secondary N) is 1. The Balaban J connectivity index is 1.63. The molecule has 0 heterocycles. The molecule has 1 aromatic rings. The third kappa shape index (κ3) is 2.03. The molecule has 96 valence electrons. The predicted octanol–water partition coefficient (Wildman–Crippen LogP) is 1.71. The molecule has 3 N–H and O–H groups in total. The minimum Gasteiger partial charge on any atom is -0.351 e. The van der Waals surface area contributed by atoms with Gasteiger partial charge in [0.15, 0.2) is 0 Å². The summed E-state index contributed by atoms with van der Waals surface area (Å²) in [6.45, 7) is 0. The lowest BCUT2D eigenvalue weighted by molar-refractivity contribution is -0.124. The Bertz CT molecular complexity index is 458. The number of carbonyl (C=O) groups excluding carboxylic acids is 1. The van der Waals surface area contributed by atoms with Crippen molar-refractivity contribution in [2.45, 2.75) is 50.1 Å². The van der Waals surface area contributed by atoms with Crippen LogP contribution >= 0.6 is 0 Å². The van der Waals surface area contributed by atoms with Gasteiger partial charge in [0.2, 0.25) is 5.91 Å². The van der Waals surface area contributed by atoms with Gasteiger partial charge >= 0.3 is 0 Å². The standard InChI is InChI=1S/C15H20N2O/c16-13-7-3-4-8-14(13)17-15(18)12-9-10-5-1-2-6-11(10)12/h1-2,5-6,12-14H,3-4,7-9,16H2,(H,17,18). The fraction of sp³-hybridized carbons (Fsp3) is 0.533. The topological polar surface area (TPSA) is 55.1 Å². The number of fused-ring (bicyclic) bond motifs is 1. The molecule has 1 aromatic carbocycles. The Labute approximate surface area is 108 Å². The fourth-order valence-electron chi connectivity index (χ4n) is 3.11. The van der Waals surface area contributed by atoms with E-state index < -0.39 is 0 Å². The van der Waals surface area contributed by atoms with Crippen LogP contribution in [0.5, 0.6) is 0 Å². The highest BCUT2D eigenvalue weighted by atomic mass is 16.2. The van der Waals surface area contributed by atoms with Crippen LogP contribution in [0.1, 0.15) is 42.7 Å². The molecule has 3 nitrogen and oxygen atoms in total. The summed E-state index contributed by atoms with van der Waals surface area (Å²) < 4.78 is 0. The molecule has 0 radical (unpaired) electrons. The molecule has 18 heavy (non-hydrogen) atoms. The Morgan fingerprint density at radius 3 is 2.78 bits per heavy atom. The Morgan fingerprint density at radius 1 is 1.22 bits per heavy atom. The molecule has 0 aromatic heterocycles. The van der Waals surface area contributed by atoms with E-state index in [0.717, 1.165) is 19.3 Å². The summed E-state index contributed by atoms with van der Waals surface area (Å²) in [5.41, 5.74) is 8.57. The summed E-state index contributed by atoms with van der Waals surface area (Å²) in [6.07, 6.45) is 5.32. The van der Waals surface area contributed by atoms with Crippen LogP contribution in [-0.2, 0) is 11.2 Å². The zero-order valence-corrected chi connectivity index (χ0v) is 10.6. The van der Waals surface area contributed by atoms with Gasteiger partial charge in [-0.25, -0.2) is 0 Å². The molecule has 2 aliphatic carbocycles. The van der Waals surface area contributed by atoms with E-state index in [9.17, 15) is 4.79 Å². The second kappa shape index (κ2) is 4.73. The Morgan fingerprint density at radius 2 is 2.00 bits per heavy atom. The number of carbonyl (C=O) groups is 1. The van der Waals surface area contributed by atoms with E-state index in [1.165, 1.54) is 24.0 Å². The third-order valence-electron chi connectivity index (χ3n) is 4.32. The molecule has 1 fully saturated rings. The summed E-state index contributed by atoms with van der Waals surface area (Å²) in [5, 5.41) is 3.15. The molecule has 2 aliphatic rings. The third-order valence-corrected chi connectivity index (χ3v) is 4.32. The zero-order valence-electron chi connectivity index (χ0n) is 10.6. The molecule has 0 spiro atoms. The van der Waals surface area contributed by atoms with Crippen molar-refractivity contribution in [3.05, 3.63) is 35.4 Å². The smallest absolute Gasteiger partial charge is 0.228 e. The number of hydrogen-bond donors (Lipinski definition) is 2.